The summed E-state index contributed by atoms with van der Waals surface area (Å²) >= 11 is 0. The molecule has 0 amide bonds. The average molecular weight is 400 g/mol. The van der Waals surface area contributed by atoms with Crippen molar-refractivity contribution in [3.63, 3.8) is 0 Å². The Balaban J connectivity index is 1.43. The van der Waals surface area contributed by atoms with Gasteiger partial charge in [-0.1, -0.05) is 42.0 Å². The fourth-order valence-corrected chi connectivity index (χ4v) is 4.31. The topological polar surface area (TPSA) is 44.8 Å². The molecule has 5 rings (SSSR count). The van der Waals surface area contributed by atoms with Crippen LogP contribution in [-0.4, -0.2) is 19.7 Å². The van der Waals surface area contributed by atoms with Gasteiger partial charge >= 0.3 is 0 Å². The first-order valence-electron chi connectivity index (χ1n) is 10.3. The van der Waals surface area contributed by atoms with Gasteiger partial charge in [0.05, 0.1) is 12.5 Å². The maximum atomic E-state index is 13.4. The lowest BCUT2D eigenvalue weighted by Crippen LogP contribution is -2.22. The van der Waals surface area contributed by atoms with Crippen LogP contribution in [0.25, 0.3) is 11.1 Å². The predicted octanol–water partition coefficient (Wildman–Crippen LogP) is 5.24. The summed E-state index contributed by atoms with van der Waals surface area (Å²) in [7, 11) is 1.68. The van der Waals surface area contributed by atoms with Gasteiger partial charge in [-0.25, -0.2) is 0 Å². The Morgan fingerprint density at radius 1 is 1.00 bits per heavy atom. The van der Waals surface area contributed by atoms with Crippen molar-refractivity contribution >= 4 is 5.78 Å². The predicted molar refractivity (Wildman–Crippen MR) is 115 cm³/mol. The number of hydrogen-bond donors (Lipinski definition) is 0. The van der Waals surface area contributed by atoms with Crippen molar-refractivity contribution in [3.05, 3.63) is 77.4 Å². The van der Waals surface area contributed by atoms with Crippen molar-refractivity contribution in [2.24, 2.45) is 0 Å². The third kappa shape index (κ3) is 3.22. The Morgan fingerprint density at radius 3 is 2.60 bits per heavy atom. The number of aryl methyl sites for hydroxylation is 1. The Bertz CT molecular complexity index is 1130. The van der Waals surface area contributed by atoms with Crippen LogP contribution in [0.4, 0.5) is 0 Å². The molecule has 0 radical (unpaired) electrons. The van der Waals surface area contributed by atoms with Gasteiger partial charge in [0, 0.05) is 12.0 Å². The highest BCUT2D eigenvalue weighted by atomic mass is 16.7. The van der Waals surface area contributed by atoms with Gasteiger partial charge in [-0.2, -0.15) is 0 Å². The van der Waals surface area contributed by atoms with Crippen LogP contribution >= 0.6 is 0 Å². The lowest BCUT2D eigenvalue weighted by atomic mass is 9.87. The van der Waals surface area contributed by atoms with Crippen molar-refractivity contribution in [1.29, 1.82) is 0 Å². The number of benzene rings is 3. The summed E-state index contributed by atoms with van der Waals surface area (Å²) in [6.07, 6.45) is 2.16. The molecular formula is C26H24O4. The highest BCUT2D eigenvalue weighted by Gasteiger charge is 2.50. The first-order chi connectivity index (χ1) is 14.6. The van der Waals surface area contributed by atoms with Crippen LogP contribution in [0.5, 0.6) is 17.2 Å². The molecular weight excluding hydrogens is 376 g/mol. The molecule has 1 fully saturated rings. The fourth-order valence-electron chi connectivity index (χ4n) is 4.31. The lowest BCUT2D eigenvalue weighted by Gasteiger charge is -2.16. The summed E-state index contributed by atoms with van der Waals surface area (Å²) in [4.78, 5) is 13.4. The van der Waals surface area contributed by atoms with Crippen molar-refractivity contribution in [2.75, 3.05) is 13.9 Å². The molecule has 30 heavy (non-hydrogen) atoms. The molecule has 0 bridgehead atoms. The Morgan fingerprint density at radius 2 is 1.83 bits per heavy atom. The minimum atomic E-state index is -0.398. The second-order valence-electron chi connectivity index (χ2n) is 8.15. The summed E-state index contributed by atoms with van der Waals surface area (Å²) < 4.78 is 16.5. The summed E-state index contributed by atoms with van der Waals surface area (Å²) in [5, 5.41) is 0. The average Bonchev–Trinajstić information content (AvgIpc) is 3.44. The van der Waals surface area contributed by atoms with Crippen LogP contribution in [0.3, 0.4) is 0 Å². The number of ether oxygens (including phenoxy) is 3. The molecule has 3 aromatic carbocycles. The van der Waals surface area contributed by atoms with E-state index in [-0.39, 0.29) is 12.6 Å². The number of carbonyl (C=O) groups is 1. The molecule has 1 heterocycles. The zero-order valence-electron chi connectivity index (χ0n) is 17.2. The molecule has 0 N–H and O–H groups in total. The van der Waals surface area contributed by atoms with E-state index in [1.54, 1.807) is 7.11 Å². The maximum Gasteiger partial charge on any atom is 0.231 e. The molecule has 0 unspecified atom stereocenters. The van der Waals surface area contributed by atoms with E-state index in [1.165, 1.54) is 5.56 Å². The quantitative estimate of drug-likeness (QED) is 0.567. The van der Waals surface area contributed by atoms with Gasteiger partial charge in [0.15, 0.2) is 11.5 Å². The fraction of sp³-hybridized carbons (Fsp3) is 0.269. The summed E-state index contributed by atoms with van der Waals surface area (Å²) in [6.45, 7) is 2.32. The number of fused-ring (bicyclic) bond motifs is 1. The molecule has 2 aliphatic rings. The smallest absolute Gasteiger partial charge is 0.231 e. The van der Waals surface area contributed by atoms with Crippen molar-refractivity contribution in [3.8, 4) is 28.4 Å². The molecule has 4 nitrogen and oxygen atoms in total. The van der Waals surface area contributed by atoms with Crippen molar-refractivity contribution in [1.82, 2.24) is 0 Å². The van der Waals surface area contributed by atoms with Crippen LogP contribution in [-0.2, 0) is 16.6 Å². The number of carbonyl (C=O) groups excluding carboxylic acids is 1. The molecule has 0 atom stereocenters. The van der Waals surface area contributed by atoms with Gasteiger partial charge < -0.3 is 14.2 Å². The molecule has 4 heteroatoms. The van der Waals surface area contributed by atoms with Gasteiger partial charge in [0.2, 0.25) is 6.79 Å². The SMILES string of the molecule is COc1ccc(CC(=O)C2(c3ccc4c(c3)OCO4)CC2)cc1-c1cccc(C)c1. The minimum Gasteiger partial charge on any atom is -0.496 e. The Labute approximate surface area is 176 Å². The third-order valence-corrected chi connectivity index (χ3v) is 6.17. The molecule has 1 aliphatic heterocycles. The molecule has 0 aromatic heterocycles. The van der Waals surface area contributed by atoms with Crippen molar-refractivity contribution in [2.45, 2.75) is 31.6 Å². The van der Waals surface area contributed by atoms with Gasteiger partial charge in [-0.3, -0.25) is 4.79 Å². The van der Waals surface area contributed by atoms with E-state index >= 15 is 0 Å². The standard InChI is InChI=1S/C26H24O4/c1-17-4-3-5-19(12-17)21-13-18(6-8-22(21)28-2)14-25(27)26(10-11-26)20-7-9-23-24(15-20)30-16-29-23/h3-9,12-13,15H,10-11,14,16H2,1-2H3. The largest absolute Gasteiger partial charge is 0.496 e. The van der Waals surface area contributed by atoms with E-state index in [4.69, 9.17) is 14.2 Å². The Hall–Kier alpha value is -3.27. The second-order valence-corrected chi connectivity index (χ2v) is 8.15. The third-order valence-electron chi connectivity index (χ3n) is 6.17. The van der Waals surface area contributed by atoms with E-state index in [9.17, 15) is 4.79 Å². The van der Waals surface area contributed by atoms with E-state index in [0.717, 1.165) is 52.3 Å². The number of hydrogen-bond acceptors (Lipinski definition) is 4. The van der Waals surface area contributed by atoms with E-state index in [1.807, 2.05) is 36.4 Å². The molecule has 152 valence electrons. The van der Waals surface area contributed by atoms with Crippen LogP contribution in [0.2, 0.25) is 0 Å². The normalized spacial score (nSPS) is 15.7. The number of Topliss-reactive ketones (excluding diaryl/α,β-unsaturated/α-hetero) is 1. The van der Waals surface area contributed by atoms with E-state index in [0.29, 0.717) is 6.42 Å². The number of ketones is 1. The van der Waals surface area contributed by atoms with Gasteiger partial charge in [0.25, 0.3) is 0 Å². The summed E-state index contributed by atoms with van der Waals surface area (Å²) in [6, 6.07) is 20.3. The van der Waals surface area contributed by atoms with Crippen LogP contribution < -0.4 is 14.2 Å². The van der Waals surface area contributed by atoms with Gasteiger partial charge in [-0.05, 0) is 60.7 Å². The summed E-state index contributed by atoms with van der Waals surface area (Å²) in [5.74, 6) is 2.55. The van der Waals surface area contributed by atoms with E-state index < -0.39 is 5.41 Å². The molecule has 0 saturated heterocycles. The van der Waals surface area contributed by atoms with Gasteiger partial charge in [-0.15, -0.1) is 0 Å². The van der Waals surface area contributed by atoms with Crippen molar-refractivity contribution < 1.29 is 19.0 Å². The van der Waals surface area contributed by atoms with Crippen LogP contribution in [0.15, 0.2) is 60.7 Å². The van der Waals surface area contributed by atoms with Crippen LogP contribution in [0.1, 0.15) is 29.5 Å². The highest BCUT2D eigenvalue weighted by molar-refractivity contribution is 5.95. The lowest BCUT2D eigenvalue weighted by molar-refractivity contribution is -0.120. The molecule has 1 saturated carbocycles. The summed E-state index contributed by atoms with van der Waals surface area (Å²) in [5.41, 5.74) is 4.94. The maximum absolute atomic E-state index is 13.4. The number of methoxy groups -OCH3 is 1. The first-order valence-corrected chi connectivity index (χ1v) is 10.3. The zero-order valence-corrected chi connectivity index (χ0v) is 17.2. The van der Waals surface area contributed by atoms with E-state index in [2.05, 4.69) is 31.2 Å². The van der Waals surface area contributed by atoms with Crippen LogP contribution in [0, 0.1) is 6.92 Å². The second kappa shape index (κ2) is 7.21. The van der Waals surface area contributed by atoms with Gasteiger partial charge in [0.1, 0.15) is 11.5 Å². The molecule has 0 spiro atoms. The monoisotopic (exact) mass is 400 g/mol. The zero-order chi connectivity index (χ0) is 20.7. The number of rotatable bonds is 6. The highest BCUT2D eigenvalue weighted by Crippen LogP contribution is 2.51. The minimum absolute atomic E-state index is 0.243. The molecule has 3 aromatic rings. The molecule has 1 aliphatic carbocycles. The first kappa shape index (κ1) is 18.7. The Kier molecular flexibility index (Phi) is 4.50.